The number of amides is 1. The van der Waals surface area contributed by atoms with Gasteiger partial charge < -0.3 is 16.0 Å². The highest BCUT2D eigenvalue weighted by atomic mass is 16.1. The van der Waals surface area contributed by atoms with Gasteiger partial charge in [0.1, 0.15) is 0 Å². The van der Waals surface area contributed by atoms with Crippen molar-refractivity contribution >= 4 is 5.91 Å². The molecule has 0 unspecified atom stereocenters. The summed E-state index contributed by atoms with van der Waals surface area (Å²) < 4.78 is 0. The number of piperidine rings is 1. The van der Waals surface area contributed by atoms with Crippen LogP contribution < -0.4 is 11.1 Å². The smallest absolute Gasteiger partial charge is 0.251 e. The van der Waals surface area contributed by atoms with Crippen molar-refractivity contribution in [1.82, 2.24) is 10.2 Å². The summed E-state index contributed by atoms with van der Waals surface area (Å²) in [6, 6.07) is 8.23. The Hall–Kier alpha value is -1.39. The summed E-state index contributed by atoms with van der Waals surface area (Å²) >= 11 is 0. The zero-order chi connectivity index (χ0) is 15.2. The van der Waals surface area contributed by atoms with E-state index in [2.05, 4.69) is 24.1 Å². The van der Waals surface area contributed by atoms with Crippen LogP contribution in [0.25, 0.3) is 0 Å². The fraction of sp³-hybridized carbons (Fsp3) is 0.588. The Morgan fingerprint density at radius 2 is 1.90 bits per heavy atom. The van der Waals surface area contributed by atoms with Crippen molar-refractivity contribution in [2.45, 2.75) is 38.6 Å². The molecule has 0 aromatic heterocycles. The van der Waals surface area contributed by atoms with Crippen LogP contribution >= 0.6 is 0 Å². The average molecular weight is 289 g/mol. The summed E-state index contributed by atoms with van der Waals surface area (Å²) in [5.74, 6) is 0.538. The zero-order valence-electron chi connectivity index (χ0n) is 13.1. The molecule has 0 saturated carbocycles. The molecule has 1 aliphatic heterocycles. The number of nitrogens with two attached hydrogens (primary N) is 1. The van der Waals surface area contributed by atoms with Gasteiger partial charge in [-0.05, 0) is 36.5 Å². The number of nitrogens with one attached hydrogen (secondary N) is 1. The minimum absolute atomic E-state index is 0.0441. The highest BCUT2D eigenvalue weighted by Gasteiger charge is 2.20. The number of hydrogen-bond donors (Lipinski definition) is 2. The van der Waals surface area contributed by atoms with Gasteiger partial charge in [0.2, 0.25) is 0 Å². The summed E-state index contributed by atoms with van der Waals surface area (Å²) in [6.45, 7) is 8.02. The molecular weight excluding hydrogens is 262 g/mol. The summed E-state index contributed by atoms with van der Waals surface area (Å²) in [5, 5.41) is 3.15. The van der Waals surface area contributed by atoms with Crippen molar-refractivity contribution in [1.29, 1.82) is 0 Å². The van der Waals surface area contributed by atoms with E-state index in [0.29, 0.717) is 12.5 Å². The predicted molar refractivity (Wildman–Crippen MR) is 86.5 cm³/mol. The molecule has 1 aromatic carbocycles. The maximum Gasteiger partial charge on any atom is 0.251 e. The molecular formula is C17H27N3O. The van der Waals surface area contributed by atoms with Crippen LogP contribution in [0.2, 0.25) is 0 Å². The molecule has 1 saturated heterocycles. The second kappa shape index (κ2) is 7.57. The molecule has 1 heterocycles. The number of nitrogens with zero attached hydrogens (tertiary/aromatic N) is 1. The molecule has 116 valence electrons. The summed E-state index contributed by atoms with van der Waals surface area (Å²) in [6.07, 6.45) is 2.02. The van der Waals surface area contributed by atoms with Crippen molar-refractivity contribution in [2.75, 3.05) is 26.2 Å². The van der Waals surface area contributed by atoms with E-state index in [1.54, 1.807) is 0 Å². The van der Waals surface area contributed by atoms with Gasteiger partial charge in [0, 0.05) is 37.8 Å². The Bertz CT molecular complexity index is 448. The third-order valence-electron chi connectivity index (χ3n) is 4.21. The van der Waals surface area contributed by atoms with Crippen LogP contribution in [0.3, 0.4) is 0 Å². The second-order valence-corrected chi connectivity index (χ2v) is 6.15. The molecule has 21 heavy (non-hydrogen) atoms. The first kappa shape index (κ1) is 16.0. The Balaban J connectivity index is 1.84. The van der Waals surface area contributed by atoms with E-state index in [9.17, 15) is 4.79 Å². The lowest BCUT2D eigenvalue weighted by Gasteiger charge is -2.32. The van der Waals surface area contributed by atoms with Crippen LogP contribution in [-0.4, -0.2) is 43.0 Å². The Kier molecular flexibility index (Phi) is 5.76. The first-order valence-electron chi connectivity index (χ1n) is 7.93. The van der Waals surface area contributed by atoms with E-state index >= 15 is 0 Å². The van der Waals surface area contributed by atoms with E-state index < -0.39 is 0 Å². The van der Waals surface area contributed by atoms with Gasteiger partial charge >= 0.3 is 0 Å². The van der Waals surface area contributed by atoms with Gasteiger partial charge in [0.25, 0.3) is 5.91 Å². The second-order valence-electron chi connectivity index (χ2n) is 6.15. The average Bonchev–Trinajstić information content (AvgIpc) is 2.49. The van der Waals surface area contributed by atoms with Crippen molar-refractivity contribution in [3.63, 3.8) is 0 Å². The SMILES string of the molecule is CC(C)c1ccc(C(=O)NC2CCN(CCN)CC2)cc1. The Morgan fingerprint density at radius 3 is 2.43 bits per heavy atom. The largest absolute Gasteiger partial charge is 0.349 e. The molecule has 3 N–H and O–H groups in total. The third-order valence-corrected chi connectivity index (χ3v) is 4.21. The van der Waals surface area contributed by atoms with Crippen molar-refractivity contribution in [2.24, 2.45) is 5.73 Å². The van der Waals surface area contributed by atoms with Gasteiger partial charge in [-0.3, -0.25) is 4.79 Å². The Morgan fingerprint density at radius 1 is 1.29 bits per heavy atom. The Labute approximate surface area is 127 Å². The van der Waals surface area contributed by atoms with Crippen LogP contribution in [-0.2, 0) is 0 Å². The molecule has 4 nitrogen and oxygen atoms in total. The van der Waals surface area contributed by atoms with Crippen molar-refractivity contribution in [3.05, 3.63) is 35.4 Å². The summed E-state index contributed by atoms with van der Waals surface area (Å²) in [7, 11) is 0. The highest BCUT2D eigenvalue weighted by molar-refractivity contribution is 5.94. The van der Waals surface area contributed by atoms with Gasteiger partial charge in [-0.2, -0.15) is 0 Å². The maximum absolute atomic E-state index is 12.3. The molecule has 0 atom stereocenters. The summed E-state index contributed by atoms with van der Waals surface area (Å²) in [4.78, 5) is 14.6. The maximum atomic E-state index is 12.3. The normalized spacial score (nSPS) is 17.1. The van der Waals surface area contributed by atoms with Gasteiger partial charge in [0.05, 0.1) is 0 Å². The third kappa shape index (κ3) is 4.55. The number of likely N-dealkylation sites (tertiary alicyclic amines) is 1. The van der Waals surface area contributed by atoms with E-state index in [-0.39, 0.29) is 11.9 Å². The van der Waals surface area contributed by atoms with Crippen molar-refractivity contribution in [3.8, 4) is 0 Å². The van der Waals surface area contributed by atoms with Crippen LogP contribution in [0.15, 0.2) is 24.3 Å². The minimum Gasteiger partial charge on any atom is -0.349 e. The lowest BCUT2D eigenvalue weighted by molar-refractivity contribution is 0.0912. The lowest BCUT2D eigenvalue weighted by Crippen LogP contribution is -2.45. The lowest BCUT2D eigenvalue weighted by atomic mass is 10.0. The van der Waals surface area contributed by atoms with Crippen LogP contribution in [0.1, 0.15) is 48.5 Å². The van der Waals surface area contributed by atoms with E-state index in [1.807, 2.05) is 24.3 Å². The highest BCUT2D eigenvalue weighted by Crippen LogP contribution is 2.15. The van der Waals surface area contributed by atoms with Crippen LogP contribution in [0, 0.1) is 0 Å². The molecule has 1 aromatic rings. The topological polar surface area (TPSA) is 58.4 Å². The molecule has 2 rings (SSSR count). The van der Waals surface area contributed by atoms with E-state index in [1.165, 1.54) is 5.56 Å². The fourth-order valence-corrected chi connectivity index (χ4v) is 2.77. The zero-order valence-corrected chi connectivity index (χ0v) is 13.1. The number of carbonyl (C=O) groups excluding carboxylic acids is 1. The number of rotatable bonds is 5. The number of hydrogen-bond acceptors (Lipinski definition) is 3. The van der Waals surface area contributed by atoms with Crippen molar-refractivity contribution < 1.29 is 4.79 Å². The molecule has 0 bridgehead atoms. The molecule has 0 aliphatic carbocycles. The number of benzene rings is 1. The summed E-state index contributed by atoms with van der Waals surface area (Å²) in [5.41, 5.74) is 7.59. The van der Waals surface area contributed by atoms with Crippen LogP contribution in [0.5, 0.6) is 0 Å². The van der Waals surface area contributed by atoms with Gasteiger partial charge in [-0.25, -0.2) is 0 Å². The fourth-order valence-electron chi connectivity index (χ4n) is 2.77. The standard InChI is InChI=1S/C17H27N3O/c1-13(2)14-3-5-15(6-4-14)17(21)19-16-7-10-20(11-8-16)12-9-18/h3-6,13,16H,7-12,18H2,1-2H3,(H,19,21). The van der Waals surface area contributed by atoms with Crippen LogP contribution in [0.4, 0.5) is 0 Å². The molecule has 4 heteroatoms. The first-order chi connectivity index (χ1) is 10.1. The molecule has 1 amide bonds. The molecule has 1 aliphatic rings. The van der Waals surface area contributed by atoms with E-state index in [0.717, 1.165) is 38.0 Å². The van der Waals surface area contributed by atoms with Gasteiger partial charge in [-0.1, -0.05) is 26.0 Å². The monoisotopic (exact) mass is 289 g/mol. The van der Waals surface area contributed by atoms with E-state index in [4.69, 9.17) is 5.73 Å². The van der Waals surface area contributed by atoms with Gasteiger partial charge in [-0.15, -0.1) is 0 Å². The number of carbonyl (C=O) groups is 1. The first-order valence-corrected chi connectivity index (χ1v) is 7.93. The van der Waals surface area contributed by atoms with Gasteiger partial charge in [0.15, 0.2) is 0 Å². The molecule has 0 radical (unpaired) electrons. The molecule has 0 spiro atoms. The quantitative estimate of drug-likeness (QED) is 0.871. The molecule has 1 fully saturated rings. The minimum atomic E-state index is 0.0441. The predicted octanol–water partition coefficient (Wildman–Crippen LogP) is 1.96.